The number of halogens is 3. The van der Waals surface area contributed by atoms with Gasteiger partial charge in [-0.3, -0.25) is 10.8 Å². The van der Waals surface area contributed by atoms with Gasteiger partial charge in [0.05, 0.1) is 21.2 Å². The van der Waals surface area contributed by atoms with Crippen LogP contribution in [-0.2, 0) is 0 Å². The van der Waals surface area contributed by atoms with Gasteiger partial charge in [0.2, 0.25) is 0 Å². The van der Waals surface area contributed by atoms with Gasteiger partial charge in [-0.1, -0.05) is 23.7 Å². The predicted molar refractivity (Wildman–Crippen MR) is 72.5 cm³/mol. The van der Waals surface area contributed by atoms with E-state index in [-0.39, 0.29) is 5.82 Å². The van der Waals surface area contributed by atoms with E-state index in [1.54, 1.807) is 36.5 Å². The highest BCUT2D eigenvalue weighted by Crippen LogP contribution is 2.30. The summed E-state index contributed by atoms with van der Waals surface area (Å²) in [5.74, 6) is 5.11. The Morgan fingerprint density at radius 3 is 2.78 bits per heavy atom. The maximum absolute atomic E-state index is 14.0. The molecule has 1 unspecified atom stereocenters. The van der Waals surface area contributed by atoms with Crippen LogP contribution in [0.3, 0.4) is 0 Å². The highest BCUT2D eigenvalue weighted by molar-refractivity contribution is 9.10. The standard InChI is InChI=1S/C12H10BrClFN3/c13-8-4-1-3-7(10(8)15)11(18-16)12-9(14)5-2-6-17-12/h1-6,11,18H,16H2. The molecule has 1 atom stereocenters. The first-order valence-electron chi connectivity index (χ1n) is 5.15. The van der Waals surface area contributed by atoms with Gasteiger partial charge >= 0.3 is 0 Å². The van der Waals surface area contributed by atoms with Crippen LogP contribution < -0.4 is 11.3 Å². The minimum Gasteiger partial charge on any atom is -0.271 e. The zero-order valence-corrected chi connectivity index (χ0v) is 11.5. The van der Waals surface area contributed by atoms with Crippen LogP contribution in [-0.4, -0.2) is 4.98 Å². The summed E-state index contributed by atoms with van der Waals surface area (Å²) < 4.78 is 14.4. The molecule has 1 aromatic carbocycles. The SMILES string of the molecule is NNC(c1cccc(Br)c1F)c1ncccc1Cl. The molecule has 1 heterocycles. The van der Waals surface area contributed by atoms with Crippen molar-refractivity contribution in [1.29, 1.82) is 0 Å². The van der Waals surface area contributed by atoms with Gasteiger partial charge in [0, 0.05) is 11.8 Å². The molecule has 0 aliphatic rings. The van der Waals surface area contributed by atoms with Crippen molar-refractivity contribution in [2.24, 2.45) is 5.84 Å². The normalized spacial score (nSPS) is 12.4. The summed E-state index contributed by atoms with van der Waals surface area (Å²) in [6.45, 7) is 0. The highest BCUT2D eigenvalue weighted by Gasteiger charge is 2.21. The number of nitrogens with zero attached hydrogens (tertiary/aromatic N) is 1. The number of hydrazine groups is 1. The Hall–Kier alpha value is -1.01. The summed E-state index contributed by atoms with van der Waals surface area (Å²) in [6.07, 6.45) is 1.58. The molecule has 0 fully saturated rings. The largest absolute Gasteiger partial charge is 0.271 e. The Kier molecular flexibility index (Phi) is 4.29. The molecule has 6 heteroatoms. The second-order valence-corrected chi connectivity index (χ2v) is 4.87. The molecular weight excluding hydrogens is 321 g/mol. The Labute approximate surface area is 117 Å². The number of aromatic nitrogens is 1. The van der Waals surface area contributed by atoms with E-state index in [2.05, 4.69) is 26.3 Å². The predicted octanol–water partition coefficient (Wildman–Crippen LogP) is 3.19. The van der Waals surface area contributed by atoms with Crippen LogP contribution in [0.15, 0.2) is 41.0 Å². The molecule has 3 nitrogen and oxygen atoms in total. The number of pyridine rings is 1. The Balaban J connectivity index is 2.53. The molecule has 1 aromatic heterocycles. The van der Waals surface area contributed by atoms with E-state index < -0.39 is 6.04 Å². The Morgan fingerprint density at radius 2 is 2.11 bits per heavy atom. The van der Waals surface area contributed by atoms with E-state index in [1.165, 1.54) is 0 Å². The second-order valence-electron chi connectivity index (χ2n) is 3.61. The highest BCUT2D eigenvalue weighted by atomic mass is 79.9. The molecule has 0 saturated carbocycles. The molecule has 0 aliphatic heterocycles. The third kappa shape index (κ3) is 2.54. The van der Waals surface area contributed by atoms with Crippen LogP contribution in [0.5, 0.6) is 0 Å². The Bertz CT molecular complexity index is 565. The number of nitrogens with two attached hydrogens (primary N) is 1. The molecule has 3 N–H and O–H groups in total. The van der Waals surface area contributed by atoms with Crippen LogP contribution in [0.25, 0.3) is 0 Å². The molecule has 2 rings (SSSR count). The van der Waals surface area contributed by atoms with E-state index in [4.69, 9.17) is 17.4 Å². The summed E-state index contributed by atoms with van der Waals surface area (Å²) >= 11 is 9.19. The van der Waals surface area contributed by atoms with Crippen molar-refractivity contribution in [3.05, 3.63) is 63.1 Å². The summed E-state index contributed by atoms with van der Waals surface area (Å²) in [7, 11) is 0. The van der Waals surface area contributed by atoms with Crippen molar-refractivity contribution < 1.29 is 4.39 Å². The smallest absolute Gasteiger partial charge is 0.142 e. The van der Waals surface area contributed by atoms with Gasteiger partial charge in [-0.25, -0.2) is 9.82 Å². The molecule has 0 bridgehead atoms. The van der Waals surface area contributed by atoms with Crippen LogP contribution in [0.2, 0.25) is 5.02 Å². The van der Waals surface area contributed by atoms with Crippen LogP contribution in [0.4, 0.5) is 4.39 Å². The molecule has 2 aromatic rings. The molecule has 0 spiro atoms. The minimum absolute atomic E-state index is 0.368. The van der Waals surface area contributed by atoms with Crippen molar-refractivity contribution in [2.45, 2.75) is 6.04 Å². The minimum atomic E-state index is -0.601. The average Bonchev–Trinajstić information content (AvgIpc) is 2.37. The van der Waals surface area contributed by atoms with E-state index >= 15 is 0 Å². The fraction of sp³-hybridized carbons (Fsp3) is 0.0833. The Morgan fingerprint density at radius 1 is 1.33 bits per heavy atom. The summed E-state index contributed by atoms with van der Waals surface area (Å²) in [4.78, 5) is 4.14. The van der Waals surface area contributed by atoms with Crippen LogP contribution in [0.1, 0.15) is 17.3 Å². The molecule has 94 valence electrons. The van der Waals surface area contributed by atoms with Gasteiger partial charge in [0.25, 0.3) is 0 Å². The maximum Gasteiger partial charge on any atom is 0.142 e. The number of nitrogens with one attached hydrogen (secondary N) is 1. The molecule has 0 radical (unpaired) electrons. The summed E-state index contributed by atoms with van der Waals surface area (Å²) in [5, 5.41) is 0.430. The lowest BCUT2D eigenvalue weighted by Crippen LogP contribution is -2.30. The fourth-order valence-corrected chi connectivity index (χ4v) is 2.28. The summed E-state index contributed by atoms with van der Waals surface area (Å²) in [5.41, 5.74) is 3.40. The van der Waals surface area contributed by atoms with Crippen molar-refractivity contribution in [2.75, 3.05) is 0 Å². The fourth-order valence-electron chi connectivity index (χ4n) is 1.67. The zero-order chi connectivity index (χ0) is 13.1. The molecular formula is C12H10BrClFN3. The zero-order valence-electron chi connectivity index (χ0n) is 9.20. The van der Waals surface area contributed by atoms with Crippen molar-refractivity contribution in [3.63, 3.8) is 0 Å². The van der Waals surface area contributed by atoms with E-state index in [0.717, 1.165) is 0 Å². The quantitative estimate of drug-likeness (QED) is 0.671. The second kappa shape index (κ2) is 5.75. The van der Waals surface area contributed by atoms with Gasteiger partial charge in [0.15, 0.2) is 0 Å². The molecule has 18 heavy (non-hydrogen) atoms. The van der Waals surface area contributed by atoms with E-state index in [0.29, 0.717) is 20.8 Å². The number of benzene rings is 1. The first-order valence-corrected chi connectivity index (χ1v) is 6.32. The van der Waals surface area contributed by atoms with Gasteiger partial charge in [0.1, 0.15) is 5.82 Å². The van der Waals surface area contributed by atoms with Crippen LogP contribution >= 0.6 is 27.5 Å². The van der Waals surface area contributed by atoms with Crippen molar-refractivity contribution >= 4 is 27.5 Å². The van der Waals surface area contributed by atoms with Gasteiger partial charge in [-0.05, 0) is 34.1 Å². The topological polar surface area (TPSA) is 50.9 Å². The lowest BCUT2D eigenvalue weighted by Gasteiger charge is -2.18. The lowest BCUT2D eigenvalue weighted by molar-refractivity contribution is 0.549. The number of hydrogen-bond acceptors (Lipinski definition) is 3. The molecule has 0 saturated heterocycles. The van der Waals surface area contributed by atoms with Crippen LogP contribution in [0, 0.1) is 5.82 Å². The first kappa shape index (κ1) is 13.4. The summed E-state index contributed by atoms with van der Waals surface area (Å²) in [6, 6.07) is 7.77. The van der Waals surface area contributed by atoms with E-state index in [1.807, 2.05) is 0 Å². The van der Waals surface area contributed by atoms with Gasteiger partial charge in [-0.2, -0.15) is 0 Å². The van der Waals surface area contributed by atoms with Gasteiger partial charge < -0.3 is 0 Å². The average molecular weight is 331 g/mol. The maximum atomic E-state index is 14.0. The van der Waals surface area contributed by atoms with Crippen molar-refractivity contribution in [3.8, 4) is 0 Å². The third-order valence-electron chi connectivity index (χ3n) is 2.52. The van der Waals surface area contributed by atoms with Crippen molar-refractivity contribution in [1.82, 2.24) is 10.4 Å². The van der Waals surface area contributed by atoms with E-state index in [9.17, 15) is 4.39 Å². The monoisotopic (exact) mass is 329 g/mol. The number of hydrogen-bond donors (Lipinski definition) is 2. The molecule has 0 amide bonds. The molecule has 0 aliphatic carbocycles. The lowest BCUT2D eigenvalue weighted by atomic mass is 10.0. The van der Waals surface area contributed by atoms with Gasteiger partial charge in [-0.15, -0.1) is 0 Å². The first-order chi connectivity index (χ1) is 8.65. The number of rotatable bonds is 3. The third-order valence-corrected chi connectivity index (χ3v) is 3.45.